The van der Waals surface area contributed by atoms with Gasteiger partial charge in [-0.15, -0.1) is 0 Å². The van der Waals surface area contributed by atoms with Crippen LogP contribution in [0.2, 0.25) is 0 Å². The predicted molar refractivity (Wildman–Crippen MR) is 120 cm³/mol. The maximum absolute atomic E-state index is 13.0. The predicted octanol–water partition coefficient (Wildman–Crippen LogP) is 2.57. The Morgan fingerprint density at radius 3 is 2.19 bits per heavy atom. The summed E-state index contributed by atoms with van der Waals surface area (Å²) in [5.74, 6) is 1.72. The normalized spacial score (nSPS) is 20.4. The van der Waals surface area contributed by atoms with Gasteiger partial charge in [0.2, 0.25) is 20.0 Å². The summed E-state index contributed by atoms with van der Waals surface area (Å²) in [7, 11) is -5.98. The Labute approximate surface area is 189 Å². The molecule has 2 heterocycles. The van der Waals surface area contributed by atoms with Crippen molar-refractivity contribution in [2.75, 3.05) is 33.3 Å². The van der Waals surface area contributed by atoms with Gasteiger partial charge in [-0.2, -0.15) is 8.61 Å². The molecule has 0 radical (unpaired) electrons. The lowest BCUT2D eigenvalue weighted by Crippen LogP contribution is -2.41. The second kappa shape index (κ2) is 9.01. The quantitative estimate of drug-likeness (QED) is 0.631. The molecule has 0 bridgehead atoms. The van der Waals surface area contributed by atoms with Gasteiger partial charge < -0.3 is 9.47 Å². The van der Waals surface area contributed by atoms with E-state index in [1.54, 1.807) is 12.1 Å². The zero-order chi connectivity index (χ0) is 22.9. The molecule has 2 aromatic carbocycles. The highest BCUT2D eigenvalue weighted by molar-refractivity contribution is 7.89. The molecule has 0 unspecified atom stereocenters. The van der Waals surface area contributed by atoms with Gasteiger partial charge in [-0.1, -0.05) is 19.1 Å². The lowest BCUT2D eigenvalue weighted by Gasteiger charge is -2.30. The third-order valence-corrected chi connectivity index (χ3v) is 9.69. The Kier molecular flexibility index (Phi) is 6.49. The first-order chi connectivity index (χ1) is 15.2. The van der Waals surface area contributed by atoms with Crippen molar-refractivity contribution in [1.29, 1.82) is 0 Å². The molecule has 0 spiro atoms. The topological polar surface area (TPSA) is 93.2 Å². The zero-order valence-electron chi connectivity index (χ0n) is 18.2. The molecule has 10 heteroatoms. The summed E-state index contributed by atoms with van der Waals surface area (Å²) in [6.07, 6.45) is 1.20. The Morgan fingerprint density at radius 2 is 1.53 bits per heavy atom. The first-order valence-corrected chi connectivity index (χ1v) is 13.5. The van der Waals surface area contributed by atoms with Crippen molar-refractivity contribution in [1.82, 2.24) is 8.61 Å². The summed E-state index contributed by atoms with van der Waals surface area (Å²) < 4.78 is 66.0. The molecule has 0 aromatic heterocycles. The fraction of sp³-hybridized carbons (Fsp3) is 0.455. The number of hydrogen-bond acceptors (Lipinski definition) is 6. The Bertz CT molecular complexity index is 1160. The summed E-state index contributed by atoms with van der Waals surface area (Å²) in [5, 5.41) is 0. The molecule has 2 aromatic rings. The van der Waals surface area contributed by atoms with Crippen LogP contribution in [0, 0.1) is 5.92 Å². The summed E-state index contributed by atoms with van der Waals surface area (Å²) in [4.78, 5) is 0.137. The van der Waals surface area contributed by atoms with Crippen LogP contribution >= 0.6 is 0 Å². The SMILES string of the molecule is CC1CCN(S(=O)(=O)c2ccc(S(=O)(=O)N(C)C[C@@H]3COc4ccccc4O3)cc2)CC1. The minimum absolute atomic E-state index is 0.0309. The number of para-hydroxylation sites is 2. The number of piperidine rings is 1. The van der Waals surface area contributed by atoms with Crippen molar-refractivity contribution >= 4 is 20.0 Å². The highest BCUT2D eigenvalue weighted by Gasteiger charge is 2.30. The fourth-order valence-electron chi connectivity index (χ4n) is 3.88. The van der Waals surface area contributed by atoms with Gasteiger partial charge in [-0.05, 0) is 55.2 Å². The second-order valence-corrected chi connectivity index (χ2v) is 12.3. The van der Waals surface area contributed by atoms with Crippen molar-refractivity contribution in [2.24, 2.45) is 5.92 Å². The van der Waals surface area contributed by atoms with Crippen LogP contribution in [-0.4, -0.2) is 64.8 Å². The molecule has 174 valence electrons. The van der Waals surface area contributed by atoms with Crippen LogP contribution in [-0.2, 0) is 20.0 Å². The molecule has 2 aliphatic heterocycles. The molecule has 0 N–H and O–H groups in total. The van der Waals surface area contributed by atoms with Crippen molar-refractivity contribution in [2.45, 2.75) is 35.7 Å². The fourth-order valence-corrected chi connectivity index (χ4v) is 6.55. The monoisotopic (exact) mass is 480 g/mol. The first kappa shape index (κ1) is 23.0. The Balaban J connectivity index is 1.45. The average molecular weight is 481 g/mol. The molecule has 1 saturated heterocycles. The zero-order valence-corrected chi connectivity index (χ0v) is 19.8. The van der Waals surface area contributed by atoms with Crippen LogP contribution in [0.1, 0.15) is 19.8 Å². The Morgan fingerprint density at radius 1 is 0.938 bits per heavy atom. The highest BCUT2D eigenvalue weighted by atomic mass is 32.2. The standard InChI is InChI=1S/C22H28N2O6S2/c1-17-11-13-24(14-12-17)32(27,28)20-9-7-19(8-10-20)31(25,26)23(2)15-18-16-29-21-5-3-4-6-22(21)30-18/h3-10,17-18H,11-16H2,1-2H3/t18-/m1/s1. The van der Waals surface area contributed by atoms with Crippen LogP contribution in [0.5, 0.6) is 11.5 Å². The number of nitrogens with zero attached hydrogens (tertiary/aromatic N) is 2. The van der Waals surface area contributed by atoms with Crippen molar-refractivity contribution in [3.63, 3.8) is 0 Å². The van der Waals surface area contributed by atoms with Gasteiger partial charge >= 0.3 is 0 Å². The highest BCUT2D eigenvalue weighted by Crippen LogP contribution is 2.31. The van der Waals surface area contributed by atoms with E-state index in [4.69, 9.17) is 9.47 Å². The minimum atomic E-state index is -3.82. The lowest BCUT2D eigenvalue weighted by molar-refractivity contribution is 0.0798. The van der Waals surface area contributed by atoms with Crippen molar-refractivity contribution in [3.8, 4) is 11.5 Å². The number of sulfonamides is 2. The summed E-state index contributed by atoms with van der Waals surface area (Å²) in [5.41, 5.74) is 0. The number of likely N-dealkylation sites (N-methyl/N-ethyl adjacent to an activating group) is 1. The molecule has 0 aliphatic carbocycles. The van der Waals surface area contributed by atoms with E-state index in [-0.39, 0.29) is 22.9 Å². The molecule has 8 nitrogen and oxygen atoms in total. The molecule has 32 heavy (non-hydrogen) atoms. The van der Waals surface area contributed by atoms with Crippen LogP contribution in [0.25, 0.3) is 0 Å². The third kappa shape index (κ3) is 4.63. The van der Waals surface area contributed by atoms with E-state index in [2.05, 4.69) is 6.92 Å². The van der Waals surface area contributed by atoms with Crippen LogP contribution in [0.4, 0.5) is 0 Å². The number of benzene rings is 2. The molecule has 2 aliphatic rings. The maximum Gasteiger partial charge on any atom is 0.243 e. The van der Waals surface area contributed by atoms with Gasteiger partial charge in [0.25, 0.3) is 0 Å². The molecule has 4 rings (SSSR count). The van der Waals surface area contributed by atoms with E-state index in [9.17, 15) is 16.8 Å². The number of fused-ring (bicyclic) bond motifs is 1. The third-order valence-electron chi connectivity index (χ3n) is 5.94. The van der Waals surface area contributed by atoms with Crippen LogP contribution in [0.3, 0.4) is 0 Å². The molecule has 1 fully saturated rings. The van der Waals surface area contributed by atoms with Gasteiger partial charge in [0.05, 0.1) is 16.3 Å². The average Bonchev–Trinajstić information content (AvgIpc) is 2.79. The van der Waals surface area contributed by atoms with E-state index < -0.39 is 26.2 Å². The largest absolute Gasteiger partial charge is 0.486 e. The first-order valence-electron chi connectivity index (χ1n) is 10.6. The van der Waals surface area contributed by atoms with E-state index >= 15 is 0 Å². The van der Waals surface area contributed by atoms with Gasteiger partial charge in [0, 0.05) is 20.1 Å². The number of rotatable bonds is 6. The molecular weight excluding hydrogens is 452 g/mol. The van der Waals surface area contributed by atoms with Gasteiger partial charge in [0.1, 0.15) is 12.7 Å². The summed E-state index contributed by atoms with van der Waals surface area (Å²) >= 11 is 0. The second-order valence-electron chi connectivity index (χ2n) is 8.34. The van der Waals surface area contributed by atoms with E-state index in [1.165, 1.54) is 39.9 Å². The van der Waals surface area contributed by atoms with E-state index in [1.807, 2.05) is 12.1 Å². The van der Waals surface area contributed by atoms with Gasteiger partial charge in [-0.25, -0.2) is 16.8 Å². The van der Waals surface area contributed by atoms with Gasteiger partial charge in [0.15, 0.2) is 11.5 Å². The van der Waals surface area contributed by atoms with Crippen LogP contribution < -0.4 is 9.47 Å². The Hall–Kier alpha value is -2.14. The summed E-state index contributed by atoms with van der Waals surface area (Å²) in [6.45, 7) is 3.42. The number of hydrogen-bond donors (Lipinski definition) is 0. The molecular formula is C22H28N2O6S2. The smallest absolute Gasteiger partial charge is 0.243 e. The van der Waals surface area contributed by atoms with Crippen LogP contribution in [0.15, 0.2) is 58.3 Å². The number of ether oxygens (including phenoxy) is 2. The molecule has 1 atom stereocenters. The maximum atomic E-state index is 13.0. The van der Waals surface area contributed by atoms with Gasteiger partial charge in [-0.3, -0.25) is 0 Å². The summed E-state index contributed by atoms with van der Waals surface area (Å²) in [6, 6.07) is 12.7. The van der Waals surface area contributed by atoms with E-state index in [0.29, 0.717) is 30.5 Å². The molecule has 0 amide bonds. The lowest BCUT2D eigenvalue weighted by atomic mass is 10.0. The molecule has 0 saturated carbocycles. The van der Waals surface area contributed by atoms with Crippen molar-refractivity contribution in [3.05, 3.63) is 48.5 Å². The van der Waals surface area contributed by atoms with E-state index in [0.717, 1.165) is 12.8 Å². The van der Waals surface area contributed by atoms with Crippen molar-refractivity contribution < 1.29 is 26.3 Å². The minimum Gasteiger partial charge on any atom is -0.486 e.